The second-order valence-electron chi connectivity index (χ2n) is 8.45. The maximum absolute atomic E-state index is 12.8. The second-order valence-corrected chi connectivity index (χ2v) is 8.45. The molecule has 0 bridgehead atoms. The minimum Gasteiger partial charge on any atom is -0.351 e. The van der Waals surface area contributed by atoms with Crippen molar-refractivity contribution in [3.05, 3.63) is 65.2 Å². The van der Waals surface area contributed by atoms with E-state index in [0.717, 1.165) is 43.6 Å². The molecule has 3 amide bonds. The van der Waals surface area contributed by atoms with Crippen LogP contribution >= 0.6 is 0 Å². The van der Waals surface area contributed by atoms with Crippen molar-refractivity contribution in [3.63, 3.8) is 0 Å². The molecule has 0 radical (unpaired) electrons. The van der Waals surface area contributed by atoms with E-state index in [0.29, 0.717) is 18.7 Å². The van der Waals surface area contributed by atoms with E-state index < -0.39 is 0 Å². The van der Waals surface area contributed by atoms with E-state index in [1.807, 2.05) is 66.4 Å². The van der Waals surface area contributed by atoms with E-state index in [-0.39, 0.29) is 17.9 Å². The Morgan fingerprint density at radius 3 is 2.61 bits per heavy atom. The molecule has 0 aromatic heterocycles. The Kier molecular flexibility index (Phi) is 8.06. The topological polar surface area (TPSA) is 64.7 Å². The fourth-order valence-corrected chi connectivity index (χ4v) is 3.89. The lowest BCUT2D eigenvalue weighted by atomic mass is 9.89. The summed E-state index contributed by atoms with van der Waals surface area (Å²) in [5.74, 6) is 0.182. The SMILES string of the molecule is CCc1ccc(NC(=O)N2CCC[C@H](c3cccc(C(=O)NCCN(C)C)c3)C2)cc1. The molecular weight excluding hydrogens is 388 g/mol. The van der Waals surface area contributed by atoms with Crippen LogP contribution in [0.25, 0.3) is 0 Å². The zero-order valence-electron chi connectivity index (χ0n) is 18.9. The Balaban J connectivity index is 1.60. The van der Waals surface area contributed by atoms with Gasteiger partial charge in [0.2, 0.25) is 0 Å². The van der Waals surface area contributed by atoms with Crippen LogP contribution in [0.2, 0.25) is 0 Å². The van der Waals surface area contributed by atoms with Crippen molar-refractivity contribution < 1.29 is 9.59 Å². The molecule has 1 fully saturated rings. The van der Waals surface area contributed by atoms with Crippen LogP contribution in [0.15, 0.2) is 48.5 Å². The van der Waals surface area contributed by atoms with Crippen LogP contribution in [-0.2, 0) is 6.42 Å². The molecule has 2 N–H and O–H groups in total. The maximum Gasteiger partial charge on any atom is 0.321 e. The van der Waals surface area contributed by atoms with Crippen LogP contribution in [0.3, 0.4) is 0 Å². The van der Waals surface area contributed by atoms with Gasteiger partial charge in [-0.3, -0.25) is 4.79 Å². The maximum atomic E-state index is 12.8. The van der Waals surface area contributed by atoms with Gasteiger partial charge in [-0.1, -0.05) is 31.2 Å². The van der Waals surface area contributed by atoms with Crippen LogP contribution in [0.4, 0.5) is 10.5 Å². The Bertz CT molecular complexity index is 879. The predicted octanol–water partition coefficient (Wildman–Crippen LogP) is 3.95. The summed E-state index contributed by atoms with van der Waals surface area (Å²) in [6, 6.07) is 15.8. The fraction of sp³-hybridized carbons (Fsp3) is 0.440. The summed E-state index contributed by atoms with van der Waals surface area (Å²) in [6.45, 7) is 4.94. The number of aryl methyl sites for hydroxylation is 1. The minimum atomic E-state index is -0.0634. The van der Waals surface area contributed by atoms with Crippen LogP contribution in [0.5, 0.6) is 0 Å². The van der Waals surface area contributed by atoms with Gasteiger partial charge < -0.3 is 20.4 Å². The van der Waals surface area contributed by atoms with E-state index in [2.05, 4.69) is 23.6 Å². The zero-order valence-corrected chi connectivity index (χ0v) is 18.9. The number of carbonyl (C=O) groups is 2. The monoisotopic (exact) mass is 422 g/mol. The van der Waals surface area contributed by atoms with Crippen molar-refractivity contribution in [1.82, 2.24) is 15.1 Å². The molecule has 0 saturated carbocycles. The molecule has 3 rings (SSSR count). The predicted molar refractivity (Wildman–Crippen MR) is 126 cm³/mol. The summed E-state index contributed by atoms with van der Waals surface area (Å²) in [4.78, 5) is 29.2. The third-order valence-electron chi connectivity index (χ3n) is 5.79. The standard InChI is InChI=1S/C25H34N4O2/c1-4-19-10-12-23(13-11-19)27-25(31)29-15-6-9-22(18-29)20-7-5-8-21(17-20)24(30)26-14-16-28(2)3/h5,7-8,10-13,17,22H,4,6,9,14-16,18H2,1-3H3,(H,26,30)(H,27,31)/t22-/m0/s1. The lowest BCUT2D eigenvalue weighted by Gasteiger charge is -2.33. The first-order valence-corrected chi connectivity index (χ1v) is 11.1. The fourth-order valence-electron chi connectivity index (χ4n) is 3.89. The highest BCUT2D eigenvalue weighted by molar-refractivity contribution is 5.94. The number of rotatable bonds is 7. The number of carbonyl (C=O) groups excluding carboxylic acids is 2. The minimum absolute atomic E-state index is 0.0513. The lowest BCUT2D eigenvalue weighted by molar-refractivity contribution is 0.0950. The zero-order chi connectivity index (χ0) is 22.2. The van der Waals surface area contributed by atoms with Gasteiger partial charge in [0.1, 0.15) is 0 Å². The molecule has 0 aliphatic carbocycles. The highest BCUT2D eigenvalue weighted by Crippen LogP contribution is 2.28. The van der Waals surface area contributed by atoms with Crippen molar-refractivity contribution in [2.75, 3.05) is 45.6 Å². The van der Waals surface area contributed by atoms with Gasteiger partial charge in [-0.15, -0.1) is 0 Å². The number of amides is 3. The number of likely N-dealkylation sites (tertiary alicyclic amines) is 1. The molecule has 1 heterocycles. The Morgan fingerprint density at radius 1 is 1.13 bits per heavy atom. The summed E-state index contributed by atoms with van der Waals surface area (Å²) in [6.07, 6.45) is 2.95. The molecule has 166 valence electrons. The number of benzene rings is 2. The van der Waals surface area contributed by atoms with Crippen molar-refractivity contribution in [2.24, 2.45) is 0 Å². The number of nitrogens with zero attached hydrogens (tertiary/aromatic N) is 2. The molecule has 0 unspecified atom stereocenters. The third-order valence-corrected chi connectivity index (χ3v) is 5.79. The number of hydrogen-bond acceptors (Lipinski definition) is 3. The van der Waals surface area contributed by atoms with Gasteiger partial charge in [0.05, 0.1) is 0 Å². The van der Waals surface area contributed by atoms with Crippen molar-refractivity contribution in [1.29, 1.82) is 0 Å². The van der Waals surface area contributed by atoms with Crippen molar-refractivity contribution in [3.8, 4) is 0 Å². The highest BCUT2D eigenvalue weighted by atomic mass is 16.2. The van der Waals surface area contributed by atoms with E-state index in [1.165, 1.54) is 5.56 Å². The first-order valence-electron chi connectivity index (χ1n) is 11.1. The van der Waals surface area contributed by atoms with Gasteiger partial charge in [0, 0.05) is 43.3 Å². The second kappa shape index (κ2) is 11.0. The Hall–Kier alpha value is -2.86. The first-order chi connectivity index (χ1) is 15.0. The third kappa shape index (κ3) is 6.56. The average molecular weight is 423 g/mol. The largest absolute Gasteiger partial charge is 0.351 e. The normalized spacial score (nSPS) is 16.3. The molecule has 1 aliphatic rings. The van der Waals surface area contributed by atoms with Crippen molar-refractivity contribution in [2.45, 2.75) is 32.1 Å². The molecule has 0 spiro atoms. The molecule has 2 aromatic rings. The van der Waals surface area contributed by atoms with E-state index in [4.69, 9.17) is 0 Å². The van der Waals surface area contributed by atoms with Gasteiger partial charge in [-0.05, 0) is 68.8 Å². The lowest BCUT2D eigenvalue weighted by Crippen LogP contribution is -2.41. The number of urea groups is 1. The smallest absolute Gasteiger partial charge is 0.321 e. The van der Waals surface area contributed by atoms with Crippen LogP contribution in [0, 0.1) is 0 Å². The quantitative estimate of drug-likeness (QED) is 0.710. The number of anilines is 1. The highest BCUT2D eigenvalue weighted by Gasteiger charge is 2.25. The van der Waals surface area contributed by atoms with Crippen LogP contribution < -0.4 is 10.6 Å². The molecular formula is C25H34N4O2. The summed E-state index contributed by atoms with van der Waals surface area (Å²) in [5.41, 5.74) is 3.86. The number of hydrogen-bond donors (Lipinski definition) is 2. The van der Waals surface area contributed by atoms with Gasteiger partial charge in [-0.25, -0.2) is 4.79 Å². The van der Waals surface area contributed by atoms with Gasteiger partial charge in [0.15, 0.2) is 0 Å². The molecule has 2 aromatic carbocycles. The van der Waals surface area contributed by atoms with Gasteiger partial charge >= 0.3 is 6.03 Å². The van der Waals surface area contributed by atoms with E-state index in [9.17, 15) is 9.59 Å². The number of piperidine rings is 1. The van der Waals surface area contributed by atoms with Gasteiger partial charge in [-0.2, -0.15) is 0 Å². The molecule has 6 nitrogen and oxygen atoms in total. The molecule has 31 heavy (non-hydrogen) atoms. The summed E-state index contributed by atoms with van der Waals surface area (Å²) in [7, 11) is 3.97. The summed E-state index contributed by atoms with van der Waals surface area (Å²) >= 11 is 0. The van der Waals surface area contributed by atoms with Crippen molar-refractivity contribution >= 4 is 17.6 Å². The molecule has 1 saturated heterocycles. The average Bonchev–Trinajstić information content (AvgIpc) is 2.79. The number of nitrogens with one attached hydrogen (secondary N) is 2. The molecule has 1 atom stereocenters. The summed E-state index contributed by atoms with van der Waals surface area (Å²) in [5, 5.41) is 5.98. The van der Waals surface area contributed by atoms with Crippen LogP contribution in [0.1, 0.15) is 47.2 Å². The Labute approximate surface area is 185 Å². The van der Waals surface area contributed by atoms with E-state index >= 15 is 0 Å². The van der Waals surface area contributed by atoms with Gasteiger partial charge in [0.25, 0.3) is 5.91 Å². The molecule has 1 aliphatic heterocycles. The van der Waals surface area contributed by atoms with Crippen LogP contribution in [-0.4, -0.2) is 62.0 Å². The van der Waals surface area contributed by atoms with E-state index in [1.54, 1.807) is 0 Å². The number of likely N-dealkylation sites (N-methyl/N-ethyl adjacent to an activating group) is 1. The first kappa shape index (κ1) is 22.8. The summed E-state index contributed by atoms with van der Waals surface area (Å²) < 4.78 is 0. The molecule has 6 heteroatoms. The Morgan fingerprint density at radius 2 is 1.90 bits per heavy atom.